The summed E-state index contributed by atoms with van der Waals surface area (Å²) in [5.41, 5.74) is 0. The van der Waals surface area contributed by atoms with E-state index in [1.54, 1.807) is 6.92 Å². The van der Waals surface area contributed by atoms with Gasteiger partial charge in [0.25, 0.3) is 0 Å². The summed E-state index contributed by atoms with van der Waals surface area (Å²) in [6.45, 7) is 1.43. The lowest BCUT2D eigenvalue weighted by Gasteiger charge is -2.10. The van der Waals surface area contributed by atoms with E-state index in [1.807, 2.05) is 0 Å². The van der Waals surface area contributed by atoms with Crippen molar-refractivity contribution in [3.63, 3.8) is 0 Å². The van der Waals surface area contributed by atoms with Crippen LogP contribution in [0.25, 0.3) is 0 Å². The van der Waals surface area contributed by atoms with Crippen molar-refractivity contribution in [3.8, 4) is 0 Å². The number of thioether (sulfide) groups is 1. The van der Waals surface area contributed by atoms with Gasteiger partial charge in [-0.2, -0.15) is 0 Å². The molecule has 20 heavy (non-hydrogen) atoms. The molecule has 11 heteroatoms. The van der Waals surface area contributed by atoms with Crippen molar-refractivity contribution in [3.05, 3.63) is 0 Å². The number of hydrogen-bond donors (Lipinski definition) is 2. The minimum atomic E-state index is -0.616. The van der Waals surface area contributed by atoms with Gasteiger partial charge in [-0.3, -0.25) is 14.9 Å². The fourth-order valence-corrected chi connectivity index (χ4v) is 1.84. The quantitative estimate of drug-likeness (QED) is 0.512. The number of tetrazole rings is 1. The van der Waals surface area contributed by atoms with Crippen molar-refractivity contribution in [2.75, 3.05) is 14.2 Å². The summed E-state index contributed by atoms with van der Waals surface area (Å²) in [5, 5.41) is 14.8. The van der Waals surface area contributed by atoms with E-state index in [1.165, 1.54) is 18.8 Å². The summed E-state index contributed by atoms with van der Waals surface area (Å²) < 4.78 is 5.71. The van der Waals surface area contributed by atoms with Gasteiger partial charge in [-0.1, -0.05) is 11.8 Å². The van der Waals surface area contributed by atoms with Gasteiger partial charge >= 0.3 is 12.0 Å². The largest absolute Gasteiger partial charge is 0.468 e. The number of carbonyl (C=O) groups excluding carboxylic acids is 3. The number of hydrogen-bond acceptors (Lipinski definition) is 8. The van der Waals surface area contributed by atoms with Crippen molar-refractivity contribution in [1.29, 1.82) is 0 Å². The van der Waals surface area contributed by atoms with Gasteiger partial charge in [-0.15, -0.1) is 5.10 Å². The van der Waals surface area contributed by atoms with Gasteiger partial charge in [-0.05, 0) is 17.4 Å². The highest BCUT2D eigenvalue weighted by molar-refractivity contribution is 8.00. The maximum Gasteiger partial charge on any atom is 0.327 e. The minimum absolute atomic E-state index is 0.157. The average Bonchev–Trinajstić information content (AvgIpc) is 2.85. The molecule has 0 aliphatic carbocycles. The molecule has 1 heterocycles. The maximum absolute atomic E-state index is 11.7. The fourth-order valence-electron chi connectivity index (χ4n) is 1.05. The van der Waals surface area contributed by atoms with E-state index in [4.69, 9.17) is 0 Å². The van der Waals surface area contributed by atoms with Crippen LogP contribution in [0.15, 0.2) is 5.16 Å². The molecule has 0 saturated heterocycles. The molecule has 0 aliphatic rings. The maximum atomic E-state index is 11.7. The molecule has 0 bridgehead atoms. The summed E-state index contributed by atoms with van der Waals surface area (Å²) in [4.78, 5) is 33.8. The van der Waals surface area contributed by atoms with E-state index >= 15 is 0 Å². The van der Waals surface area contributed by atoms with Gasteiger partial charge in [0, 0.05) is 7.05 Å². The van der Waals surface area contributed by atoms with Gasteiger partial charge in [0.2, 0.25) is 11.1 Å². The first-order chi connectivity index (χ1) is 9.47. The summed E-state index contributed by atoms with van der Waals surface area (Å²) in [6.07, 6.45) is 0. The van der Waals surface area contributed by atoms with Crippen molar-refractivity contribution < 1.29 is 19.1 Å². The Morgan fingerprint density at radius 1 is 1.45 bits per heavy atom. The van der Waals surface area contributed by atoms with Crippen LogP contribution in [-0.2, 0) is 20.9 Å². The van der Waals surface area contributed by atoms with Crippen LogP contribution in [0.1, 0.15) is 6.92 Å². The lowest BCUT2D eigenvalue weighted by Crippen LogP contribution is -2.41. The van der Waals surface area contributed by atoms with E-state index in [2.05, 4.69) is 30.9 Å². The zero-order chi connectivity index (χ0) is 15.1. The normalized spacial score (nSPS) is 11.6. The van der Waals surface area contributed by atoms with Crippen molar-refractivity contribution >= 4 is 29.7 Å². The molecule has 3 amide bonds. The predicted molar refractivity (Wildman–Crippen MR) is 67.8 cm³/mol. The van der Waals surface area contributed by atoms with E-state index in [9.17, 15) is 14.4 Å². The number of methoxy groups -OCH3 is 1. The molecular weight excluding hydrogens is 288 g/mol. The van der Waals surface area contributed by atoms with Gasteiger partial charge < -0.3 is 10.1 Å². The number of carbonyl (C=O) groups is 3. The van der Waals surface area contributed by atoms with Crippen LogP contribution in [0.5, 0.6) is 0 Å². The first kappa shape index (κ1) is 15.9. The third kappa shape index (κ3) is 4.50. The lowest BCUT2D eigenvalue weighted by atomic mass is 10.4. The molecule has 1 unspecified atom stereocenters. The number of rotatable bonds is 5. The molecule has 0 radical (unpaired) electrons. The highest BCUT2D eigenvalue weighted by Crippen LogP contribution is 2.20. The van der Waals surface area contributed by atoms with Crippen LogP contribution in [-0.4, -0.2) is 57.5 Å². The molecule has 1 rings (SSSR count). The number of nitrogens with zero attached hydrogens (tertiary/aromatic N) is 4. The number of imide groups is 1. The standard InChI is InChI=1S/C9H14N6O4S/c1-5(7(17)11-8(18)10-2)20-9-12-13-14-15(9)4-6(16)19-3/h5H,4H2,1-3H3,(H2,10,11,17,18). The molecule has 1 atom stereocenters. The Balaban J connectivity index is 2.64. The first-order valence-corrected chi connectivity index (χ1v) is 6.38. The molecule has 0 aromatic carbocycles. The number of ether oxygens (including phenoxy) is 1. The minimum Gasteiger partial charge on any atom is -0.468 e. The SMILES string of the molecule is CNC(=O)NC(=O)C(C)Sc1nnnn1CC(=O)OC. The number of aromatic nitrogens is 4. The van der Waals surface area contributed by atoms with Crippen LogP contribution in [0.2, 0.25) is 0 Å². The molecule has 0 spiro atoms. The molecule has 2 N–H and O–H groups in total. The Labute approximate surface area is 118 Å². The number of esters is 1. The highest BCUT2D eigenvalue weighted by atomic mass is 32.2. The second kappa shape index (κ2) is 7.43. The monoisotopic (exact) mass is 302 g/mol. The third-order valence-corrected chi connectivity index (χ3v) is 3.19. The van der Waals surface area contributed by atoms with Crippen molar-refractivity contribution in [2.45, 2.75) is 23.9 Å². The lowest BCUT2D eigenvalue weighted by molar-refractivity contribution is -0.141. The molecule has 0 aliphatic heterocycles. The molecule has 1 aromatic rings. The summed E-state index contributed by atoms with van der Waals surface area (Å²) in [6, 6.07) is -0.600. The van der Waals surface area contributed by atoms with Crippen LogP contribution in [0.4, 0.5) is 4.79 Å². The van der Waals surface area contributed by atoms with Gasteiger partial charge in [0.15, 0.2) is 0 Å². The number of urea groups is 1. The van der Waals surface area contributed by atoms with Crippen LogP contribution in [0, 0.1) is 0 Å². The Kier molecular flexibility index (Phi) is 5.90. The first-order valence-electron chi connectivity index (χ1n) is 5.50. The molecular formula is C9H14N6O4S. The van der Waals surface area contributed by atoms with Crippen LogP contribution >= 0.6 is 11.8 Å². The van der Waals surface area contributed by atoms with E-state index in [-0.39, 0.29) is 11.7 Å². The number of amides is 3. The van der Waals surface area contributed by atoms with Crippen molar-refractivity contribution in [1.82, 2.24) is 30.8 Å². The summed E-state index contributed by atoms with van der Waals surface area (Å²) >= 11 is 1.02. The predicted octanol–water partition coefficient (Wildman–Crippen LogP) is -1.22. The van der Waals surface area contributed by atoms with Gasteiger partial charge in [-0.25, -0.2) is 9.48 Å². The van der Waals surface area contributed by atoms with Crippen molar-refractivity contribution in [2.24, 2.45) is 0 Å². The third-order valence-electron chi connectivity index (χ3n) is 2.12. The van der Waals surface area contributed by atoms with E-state index < -0.39 is 23.2 Å². The Bertz CT molecular complexity index is 504. The van der Waals surface area contributed by atoms with Gasteiger partial charge in [0.1, 0.15) is 6.54 Å². The van der Waals surface area contributed by atoms with E-state index in [0.29, 0.717) is 0 Å². The summed E-state index contributed by atoms with van der Waals surface area (Å²) in [5.74, 6) is -1.01. The Hall–Kier alpha value is -2.17. The Morgan fingerprint density at radius 3 is 2.75 bits per heavy atom. The van der Waals surface area contributed by atoms with E-state index in [0.717, 1.165) is 11.8 Å². The van der Waals surface area contributed by atoms with Crippen LogP contribution < -0.4 is 10.6 Å². The van der Waals surface area contributed by atoms with Gasteiger partial charge in [0.05, 0.1) is 12.4 Å². The zero-order valence-corrected chi connectivity index (χ0v) is 11.9. The molecule has 10 nitrogen and oxygen atoms in total. The second-order valence-electron chi connectivity index (χ2n) is 3.52. The molecule has 0 fully saturated rings. The topological polar surface area (TPSA) is 128 Å². The smallest absolute Gasteiger partial charge is 0.327 e. The van der Waals surface area contributed by atoms with Crippen LogP contribution in [0.3, 0.4) is 0 Å². The molecule has 0 saturated carbocycles. The second-order valence-corrected chi connectivity index (χ2v) is 4.83. The highest BCUT2D eigenvalue weighted by Gasteiger charge is 2.20. The molecule has 1 aromatic heterocycles. The Morgan fingerprint density at radius 2 is 2.15 bits per heavy atom. The fraction of sp³-hybridized carbons (Fsp3) is 0.556. The zero-order valence-electron chi connectivity index (χ0n) is 11.1. The average molecular weight is 302 g/mol. The molecule has 110 valence electrons. The number of nitrogens with one attached hydrogen (secondary N) is 2. The summed E-state index contributed by atoms with van der Waals surface area (Å²) in [7, 11) is 2.65.